The van der Waals surface area contributed by atoms with Gasteiger partial charge in [-0.05, 0) is 18.2 Å². The molecule has 98 valence electrons. The number of rotatable bonds is 3. The van der Waals surface area contributed by atoms with Crippen LogP contribution in [0.3, 0.4) is 0 Å². The lowest BCUT2D eigenvalue weighted by Crippen LogP contribution is -2.14. The fourth-order valence-corrected chi connectivity index (χ4v) is 1.37. The van der Waals surface area contributed by atoms with Crippen LogP contribution in [0, 0.1) is 11.6 Å². The molecule has 6 heteroatoms. The van der Waals surface area contributed by atoms with E-state index in [2.05, 4.69) is 10.3 Å². The van der Waals surface area contributed by atoms with E-state index >= 15 is 0 Å². The maximum Gasteiger partial charge on any atom is 0.412 e. The Balaban J connectivity index is 1.93. The highest BCUT2D eigenvalue weighted by molar-refractivity contribution is 5.84. The molecular weight excluding hydrogens is 254 g/mol. The molecule has 1 amide bonds. The summed E-state index contributed by atoms with van der Waals surface area (Å²) in [7, 11) is 0. The smallest absolute Gasteiger partial charge is 0.412 e. The minimum atomic E-state index is -0.867. The van der Waals surface area contributed by atoms with Crippen molar-refractivity contribution in [1.82, 2.24) is 4.98 Å². The van der Waals surface area contributed by atoms with Gasteiger partial charge in [0.25, 0.3) is 0 Å². The van der Waals surface area contributed by atoms with Crippen LogP contribution < -0.4 is 5.32 Å². The molecule has 19 heavy (non-hydrogen) atoms. The van der Waals surface area contributed by atoms with Crippen LogP contribution in [0.5, 0.6) is 0 Å². The van der Waals surface area contributed by atoms with Crippen molar-refractivity contribution in [3.8, 4) is 0 Å². The van der Waals surface area contributed by atoms with E-state index in [1.807, 2.05) is 0 Å². The van der Waals surface area contributed by atoms with Crippen LogP contribution in [0.2, 0.25) is 0 Å². The predicted molar refractivity (Wildman–Crippen MR) is 64.4 cm³/mol. The molecule has 0 fully saturated rings. The molecule has 1 aromatic carbocycles. The Morgan fingerprint density at radius 1 is 1.32 bits per heavy atom. The third-order valence-electron chi connectivity index (χ3n) is 2.26. The molecule has 0 bridgehead atoms. The van der Waals surface area contributed by atoms with Gasteiger partial charge >= 0.3 is 6.09 Å². The molecule has 1 aromatic heterocycles. The lowest BCUT2D eigenvalue weighted by Gasteiger charge is -2.07. The van der Waals surface area contributed by atoms with Crippen LogP contribution in [-0.2, 0) is 11.3 Å². The number of amides is 1. The minimum Gasteiger partial charge on any atom is -0.444 e. The molecule has 2 rings (SSSR count). The van der Waals surface area contributed by atoms with E-state index in [-0.39, 0.29) is 12.3 Å². The Labute approximate surface area is 108 Å². The van der Waals surface area contributed by atoms with Crippen LogP contribution in [0.1, 0.15) is 5.56 Å². The van der Waals surface area contributed by atoms with E-state index in [4.69, 9.17) is 4.74 Å². The number of halogens is 2. The first-order valence-electron chi connectivity index (χ1n) is 5.43. The average molecular weight is 264 g/mol. The summed E-state index contributed by atoms with van der Waals surface area (Å²) >= 11 is 0. The lowest BCUT2D eigenvalue weighted by molar-refractivity contribution is 0.155. The minimum absolute atomic E-state index is 0.00336. The second-order valence-corrected chi connectivity index (χ2v) is 3.69. The maximum atomic E-state index is 13.2. The lowest BCUT2D eigenvalue weighted by atomic mass is 10.3. The van der Waals surface area contributed by atoms with Crippen LogP contribution in [-0.4, -0.2) is 11.1 Å². The van der Waals surface area contributed by atoms with Crippen LogP contribution in [0.15, 0.2) is 42.7 Å². The van der Waals surface area contributed by atoms with Gasteiger partial charge in [0, 0.05) is 24.0 Å². The number of hydrogen-bond acceptors (Lipinski definition) is 3. The first-order chi connectivity index (χ1) is 9.15. The molecule has 0 unspecified atom stereocenters. The number of carbonyl (C=O) groups is 1. The molecule has 0 aliphatic carbocycles. The number of nitrogens with one attached hydrogen (secondary N) is 1. The van der Waals surface area contributed by atoms with Gasteiger partial charge in [-0.3, -0.25) is 10.3 Å². The van der Waals surface area contributed by atoms with Gasteiger partial charge in [0.1, 0.15) is 18.2 Å². The second kappa shape index (κ2) is 5.90. The molecule has 0 aliphatic heterocycles. The SMILES string of the molecule is O=C(Nc1cc(F)ccc1F)OCc1cccnc1. The maximum absolute atomic E-state index is 13.2. The van der Waals surface area contributed by atoms with Gasteiger partial charge in [-0.15, -0.1) is 0 Å². The summed E-state index contributed by atoms with van der Waals surface area (Å²) in [6.07, 6.45) is 2.26. The molecule has 0 atom stereocenters. The van der Waals surface area contributed by atoms with E-state index < -0.39 is 17.7 Å². The Kier molecular flexibility index (Phi) is 4.02. The number of hydrogen-bond donors (Lipinski definition) is 1. The van der Waals surface area contributed by atoms with Crippen molar-refractivity contribution in [2.24, 2.45) is 0 Å². The van der Waals surface area contributed by atoms with Gasteiger partial charge in [-0.25, -0.2) is 13.6 Å². The van der Waals surface area contributed by atoms with Crippen LogP contribution in [0.25, 0.3) is 0 Å². The zero-order valence-corrected chi connectivity index (χ0v) is 9.77. The molecule has 0 saturated carbocycles. The fraction of sp³-hybridized carbons (Fsp3) is 0.0769. The van der Waals surface area contributed by atoms with E-state index in [1.165, 1.54) is 6.20 Å². The Morgan fingerprint density at radius 3 is 2.89 bits per heavy atom. The van der Waals surface area contributed by atoms with Crippen molar-refractivity contribution in [2.45, 2.75) is 6.61 Å². The third kappa shape index (κ3) is 3.74. The summed E-state index contributed by atoms with van der Waals surface area (Å²) in [6, 6.07) is 6.18. The number of ether oxygens (including phenoxy) is 1. The van der Waals surface area contributed by atoms with Crippen molar-refractivity contribution < 1.29 is 18.3 Å². The molecule has 1 heterocycles. The quantitative estimate of drug-likeness (QED) is 0.926. The zero-order chi connectivity index (χ0) is 13.7. The Morgan fingerprint density at radius 2 is 2.16 bits per heavy atom. The number of nitrogens with zero attached hydrogens (tertiary/aromatic N) is 1. The summed E-state index contributed by atoms with van der Waals surface area (Å²) in [5.74, 6) is -1.39. The number of aromatic nitrogens is 1. The summed E-state index contributed by atoms with van der Waals surface area (Å²) in [6.45, 7) is -0.00336. The summed E-state index contributed by atoms with van der Waals surface area (Å²) in [4.78, 5) is 15.3. The van der Waals surface area contributed by atoms with Crippen LogP contribution in [0.4, 0.5) is 19.3 Å². The Bertz CT molecular complexity index is 576. The normalized spacial score (nSPS) is 10.0. The van der Waals surface area contributed by atoms with Crippen molar-refractivity contribution in [3.63, 3.8) is 0 Å². The van der Waals surface area contributed by atoms with Crippen LogP contribution >= 0.6 is 0 Å². The van der Waals surface area contributed by atoms with Gasteiger partial charge in [-0.1, -0.05) is 6.07 Å². The van der Waals surface area contributed by atoms with Gasteiger partial charge in [0.05, 0.1) is 5.69 Å². The zero-order valence-electron chi connectivity index (χ0n) is 9.77. The first kappa shape index (κ1) is 12.9. The van der Waals surface area contributed by atoms with Gasteiger partial charge in [0.2, 0.25) is 0 Å². The fourth-order valence-electron chi connectivity index (χ4n) is 1.37. The molecule has 1 N–H and O–H groups in total. The molecule has 0 spiro atoms. The van der Waals surface area contributed by atoms with Crippen molar-refractivity contribution in [2.75, 3.05) is 5.32 Å². The van der Waals surface area contributed by atoms with Crippen molar-refractivity contribution >= 4 is 11.8 Å². The van der Waals surface area contributed by atoms with E-state index in [9.17, 15) is 13.6 Å². The number of carbonyl (C=O) groups excluding carboxylic acids is 1. The van der Waals surface area contributed by atoms with E-state index in [0.29, 0.717) is 5.56 Å². The first-order valence-corrected chi connectivity index (χ1v) is 5.43. The monoisotopic (exact) mass is 264 g/mol. The molecule has 0 radical (unpaired) electrons. The van der Waals surface area contributed by atoms with Crippen molar-refractivity contribution in [1.29, 1.82) is 0 Å². The van der Waals surface area contributed by atoms with Gasteiger partial charge < -0.3 is 4.74 Å². The Hall–Kier alpha value is -2.50. The molecule has 2 aromatic rings. The highest BCUT2D eigenvalue weighted by Gasteiger charge is 2.09. The number of benzene rings is 1. The molecule has 0 aliphatic rings. The number of pyridine rings is 1. The number of anilines is 1. The highest BCUT2D eigenvalue weighted by Crippen LogP contribution is 2.15. The standard InChI is InChI=1S/C13H10F2N2O2/c14-10-3-4-11(15)12(6-10)17-13(18)19-8-9-2-1-5-16-7-9/h1-7H,8H2,(H,17,18). The highest BCUT2D eigenvalue weighted by atomic mass is 19.1. The third-order valence-corrected chi connectivity index (χ3v) is 2.26. The topological polar surface area (TPSA) is 51.2 Å². The average Bonchev–Trinajstić information content (AvgIpc) is 2.42. The second-order valence-electron chi connectivity index (χ2n) is 3.69. The molecular formula is C13H10F2N2O2. The molecule has 4 nitrogen and oxygen atoms in total. The summed E-state index contributed by atoms with van der Waals surface area (Å²) in [5.41, 5.74) is 0.425. The summed E-state index contributed by atoms with van der Waals surface area (Å²) in [5, 5.41) is 2.12. The van der Waals surface area contributed by atoms with Gasteiger partial charge in [0.15, 0.2) is 0 Å². The largest absolute Gasteiger partial charge is 0.444 e. The van der Waals surface area contributed by atoms with E-state index in [1.54, 1.807) is 18.3 Å². The predicted octanol–water partition coefficient (Wildman–Crippen LogP) is 3.11. The van der Waals surface area contributed by atoms with E-state index in [0.717, 1.165) is 18.2 Å². The summed E-state index contributed by atoms with van der Waals surface area (Å²) < 4.78 is 31.0. The van der Waals surface area contributed by atoms with Crippen molar-refractivity contribution in [3.05, 3.63) is 59.9 Å². The molecule has 0 saturated heterocycles. The van der Waals surface area contributed by atoms with Gasteiger partial charge in [-0.2, -0.15) is 0 Å².